The van der Waals surface area contributed by atoms with Gasteiger partial charge in [0.1, 0.15) is 5.02 Å². The summed E-state index contributed by atoms with van der Waals surface area (Å²) in [6.45, 7) is 5.98. The van der Waals surface area contributed by atoms with E-state index in [0.29, 0.717) is 16.9 Å². The molecule has 0 saturated heterocycles. The molecule has 2 N–H and O–H groups in total. The summed E-state index contributed by atoms with van der Waals surface area (Å²) in [5.74, 6) is 0.415. The van der Waals surface area contributed by atoms with Gasteiger partial charge in [0.2, 0.25) is 0 Å². The molecule has 1 aromatic heterocycles. The van der Waals surface area contributed by atoms with E-state index in [4.69, 9.17) is 17.3 Å². The Balaban J connectivity index is 3.19. The molecule has 1 rings (SSSR count). The molecule has 0 aromatic carbocycles. The lowest BCUT2D eigenvalue weighted by atomic mass is 10.4. The van der Waals surface area contributed by atoms with Crippen LogP contribution in [0.5, 0.6) is 0 Å². The van der Waals surface area contributed by atoms with Gasteiger partial charge >= 0.3 is 0 Å². The quantitative estimate of drug-likeness (QED) is 0.706. The number of anilines is 1. The zero-order valence-electron chi connectivity index (χ0n) is 6.93. The first-order valence-electron chi connectivity index (χ1n) is 3.54. The molecule has 4 heteroatoms. The van der Waals surface area contributed by atoms with E-state index >= 15 is 0 Å². The van der Waals surface area contributed by atoms with Crippen LogP contribution >= 0.6 is 11.6 Å². The number of nitrogen functional groups attached to an aromatic ring is 1. The molecule has 0 fully saturated rings. The zero-order valence-corrected chi connectivity index (χ0v) is 7.68. The Hall–Kier alpha value is -0.700. The minimum atomic E-state index is 0.310. The summed E-state index contributed by atoms with van der Waals surface area (Å²) in [6, 6.07) is 0.310. The minimum absolute atomic E-state index is 0.310. The molecule has 0 saturated carbocycles. The van der Waals surface area contributed by atoms with Gasteiger partial charge < -0.3 is 5.73 Å². The fraction of sp³-hybridized carbons (Fsp3) is 0.571. The number of aromatic nitrogens is 2. The third-order valence-corrected chi connectivity index (χ3v) is 2.06. The van der Waals surface area contributed by atoms with Crippen molar-refractivity contribution in [3.05, 3.63) is 10.7 Å². The van der Waals surface area contributed by atoms with Crippen LogP contribution < -0.4 is 5.73 Å². The third kappa shape index (κ3) is 1.33. The van der Waals surface area contributed by atoms with Gasteiger partial charge in [-0.15, -0.1) is 0 Å². The third-order valence-electron chi connectivity index (χ3n) is 1.59. The van der Waals surface area contributed by atoms with E-state index in [9.17, 15) is 0 Å². The molecule has 0 bridgehead atoms. The van der Waals surface area contributed by atoms with E-state index in [1.54, 1.807) is 0 Å². The molecule has 0 aliphatic carbocycles. The number of hydrogen-bond donors (Lipinski definition) is 1. The second-order valence-electron chi connectivity index (χ2n) is 2.82. The highest BCUT2D eigenvalue weighted by Crippen LogP contribution is 2.23. The highest BCUT2D eigenvalue weighted by Gasteiger charge is 2.10. The Morgan fingerprint density at radius 2 is 2.09 bits per heavy atom. The van der Waals surface area contributed by atoms with E-state index in [-0.39, 0.29) is 0 Å². The molecular formula is C7H12ClN3. The second-order valence-corrected chi connectivity index (χ2v) is 3.20. The molecule has 0 atom stereocenters. The number of nitrogens with two attached hydrogens (primary N) is 1. The maximum atomic E-state index is 5.83. The van der Waals surface area contributed by atoms with Gasteiger partial charge in [-0.25, -0.2) is 0 Å². The molecule has 0 radical (unpaired) electrons. The Bertz CT molecular complexity index is 265. The first-order chi connectivity index (χ1) is 5.04. The largest absolute Gasteiger partial charge is 0.381 e. The van der Waals surface area contributed by atoms with Crippen LogP contribution in [0, 0.1) is 6.92 Å². The lowest BCUT2D eigenvalue weighted by Crippen LogP contribution is -2.04. The monoisotopic (exact) mass is 173 g/mol. The molecule has 3 nitrogen and oxygen atoms in total. The Morgan fingerprint density at radius 3 is 2.27 bits per heavy atom. The van der Waals surface area contributed by atoms with Gasteiger partial charge in [-0.05, 0) is 20.8 Å². The van der Waals surface area contributed by atoms with Crippen molar-refractivity contribution in [2.24, 2.45) is 0 Å². The molecule has 0 spiro atoms. The molecule has 0 aliphatic rings. The number of hydrogen-bond acceptors (Lipinski definition) is 2. The maximum absolute atomic E-state index is 5.83. The van der Waals surface area contributed by atoms with E-state index in [1.165, 1.54) is 0 Å². The number of rotatable bonds is 1. The zero-order chi connectivity index (χ0) is 8.59. The standard InChI is InChI=1S/C7H12ClN3/c1-4(2)11-5(3)6(8)7(9)10-11/h4H,1-3H3,(H2,9,10). The predicted molar refractivity (Wildman–Crippen MR) is 46.8 cm³/mol. The summed E-state index contributed by atoms with van der Waals surface area (Å²) in [5, 5.41) is 4.64. The van der Waals surface area contributed by atoms with Crippen molar-refractivity contribution < 1.29 is 0 Å². The summed E-state index contributed by atoms with van der Waals surface area (Å²) in [5.41, 5.74) is 6.45. The van der Waals surface area contributed by atoms with Crippen molar-refractivity contribution >= 4 is 17.4 Å². The van der Waals surface area contributed by atoms with Gasteiger partial charge in [-0.2, -0.15) is 5.10 Å². The van der Waals surface area contributed by atoms with Crippen LogP contribution in [-0.4, -0.2) is 9.78 Å². The second kappa shape index (κ2) is 2.74. The van der Waals surface area contributed by atoms with Gasteiger partial charge in [-0.3, -0.25) is 4.68 Å². The Labute approximate surface area is 71.1 Å². The molecule has 0 amide bonds. The van der Waals surface area contributed by atoms with E-state index in [1.807, 2.05) is 25.5 Å². The van der Waals surface area contributed by atoms with Crippen molar-refractivity contribution in [1.82, 2.24) is 9.78 Å². The summed E-state index contributed by atoms with van der Waals surface area (Å²) < 4.78 is 1.82. The lowest BCUT2D eigenvalue weighted by Gasteiger charge is -2.06. The van der Waals surface area contributed by atoms with Crippen LogP contribution in [0.1, 0.15) is 25.6 Å². The maximum Gasteiger partial charge on any atom is 0.164 e. The average Bonchev–Trinajstić information content (AvgIpc) is 2.17. The first-order valence-corrected chi connectivity index (χ1v) is 3.92. The van der Waals surface area contributed by atoms with Crippen LogP contribution in [0.4, 0.5) is 5.82 Å². The van der Waals surface area contributed by atoms with Crippen molar-refractivity contribution in [3.63, 3.8) is 0 Å². The van der Waals surface area contributed by atoms with Crippen molar-refractivity contribution in [1.29, 1.82) is 0 Å². The van der Waals surface area contributed by atoms with E-state index in [2.05, 4.69) is 5.10 Å². The van der Waals surface area contributed by atoms with Crippen LogP contribution in [0.15, 0.2) is 0 Å². The van der Waals surface area contributed by atoms with Crippen molar-refractivity contribution in [2.75, 3.05) is 5.73 Å². The molecule has 11 heavy (non-hydrogen) atoms. The molecular weight excluding hydrogens is 162 g/mol. The van der Waals surface area contributed by atoms with Gasteiger partial charge in [0.25, 0.3) is 0 Å². The van der Waals surface area contributed by atoms with E-state index in [0.717, 1.165) is 5.69 Å². The van der Waals surface area contributed by atoms with Crippen molar-refractivity contribution in [3.8, 4) is 0 Å². The summed E-state index contributed by atoms with van der Waals surface area (Å²) in [6.07, 6.45) is 0. The van der Waals surface area contributed by atoms with Gasteiger partial charge in [0.05, 0.1) is 5.69 Å². The fourth-order valence-electron chi connectivity index (χ4n) is 1.02. The smallest absolute Gasteiger partial charge is 0.164 e. The highest BCUT2D eigenvalue weighted by atomic mass is 35.5. The van der Waals surface area contributed by atoms with Crippen molar-refractivity contribution in [2.45, 2.75) is 26.8 Å². The van der Waals surface area contributed by atoms with Crippen LogP contribution in [0.2, 0.25) is 5.02 Å². The van der Waals surface area contributed by atoms with Crippen LogP contribution in [-0.2, 0) is 0 Å². The molecule has 0 aliphatic heterocycles. The van der Waals surface area contributed by atoms with Gasteiger partial charge in [0.15, 0.2) is 5.82 Å². The Morgan fingerprint density at radius 1 is 1.55 bits per heavy atom. The summed E-state index contributed by atoms with van der Waals surface area (Å²) in [4.78, 5) is 0. The van der Waals surface area contributed by atoms with Gasteiger partial charge in [-0.1, -0.05) is 11.6 Å². The predicted octanol–water partition coefficient (Wildman–Crippen LogP) is 2.01. The Kier molecular flexibility index (Phi) is 2.09. The average molecular weight is 174 g/mol. The number of nitrogens with zero attached hydrogens (tertiary/aromatic N) is 2. The molecule has 0 unspecified atom stereocenters. The summed E-state index contributed by atoms with van der Waals surface area (Å²) in [7, 11) is 0. The fourth-order valence-corrected chi connectivity index (χ4v) is 1.15. The van der Waals surface area contributed by atoms with E-state index < -0.39 is 0 Å². The molecule has 62 valence electrons. The first kappa shape index (κ1) is 8.40. The highest BCUT2D eigenvalue weighted by molar-refractivity contribution is 6.33. The van der Waals surface area contributed by atoms with Crippen LogP contribution in [0.25, 0.3) is 0 Å². The SMILES string of the molecule is Cc1c(Cl)c(N)nn1C(C)C. The number of halogens is 1. The molecule has 1 aromatic rings. The lowest BCUT2D eigenvalue weighted by molar-refractivity contribution is 0.521. The summed E-state index contributed by atoms with van der Waals surface area (Å²) >= 11 is 5.83. The van der Waals surface area contributed by atoms with Crippen LogP contribution in [0.3, 0.4) is 0 Å². The minimum Gasteiger partial charge on any atom is -0.381 e. The molecule has 1 heterocycles. The topological polar surface area (TPSA) is 43.8 Å². The normalized spacial score (nSPS) is 11.0. The van der Waals surface area contributed by atoms with Gasteiger partial charge in [0, 0.05) is 6.04 Å².